The molecule has 0 radical (unpaired) electrons. The fourth-order valence-corrected chi connectivity index (χ4v) is 2.98. The lowest BCUT2D eigenvalue weighted by atomic mass is 10.0. The molecule has 1 amide bonds. The van der Waals surface area contributed by atoms with E-state index in [9.17, 15) is 4.79 Å². The van der Waals surface area contributed by atoms with Crippen LogP contribution in [0.2, 0.25) is 0 Å². The van der Waals surface area contributed by atoms with Gasteiger partial charge in [-0.3, -0.25) is 4.79 Å². The molecule has 1 aromatic carbocycles. The molecule has 0 aliphatic carbocycles. The molecule has 1 aliphatic heterocycles. The summed E-state index contributed by atoms with van der Waals surface area (Å²) in [4.78, 5) is 12.2. The zero-order valence-corrected chi connectivity index (χ0v) is 12.5. The van der Waals surface area contributed by atoms with Gasteiger partial charge in [0.1, 0.15) is 6.54 Å². The van der Waals surface area contributed by atoms with Crippen molar-refractivity contribution in [3.05, 3.63) is 36.0 Å². The number of carbonyl (C=O) groups is 1. The van der Waals surface area contributed by atoms with Crippen molar-refractivity contribution in [3.8, 4) is 0 Å². The van der Waals surface area contributed by atoms with Crippen LogP contribution >= 0.6 is 0 Å². The lowest BCUT2D eigenvalue weighted by Crippen LogP contribution is -2.35. The number of ether oxygens (including phenoxy) is 1. The predicted octanol–water partition coefficient (Wildman–Crippen LogP) is 2.49. The van der Waals surface area contributed by atoms with E-state index in [4.69, 9.17) is 4.74 Å². The third kappa shape index (κ3) is 3.27. The van der Waals surface area contributed by atoms with Crippen LogP contribution in [0.3, 0.4) is 0 Å². The molecule has 1 saturated heterocycles. The van der Waals surface area contributed by atoms with E-state index in [1.807, 2.05) is 19.1 Å². The van der Waals surface area contributed by atoms with Gasteiger partial charge in [-0.15, -0.1) is 0 Å². The lowest BCUT2D eigenvalue weighted by Gasteiger charge is -2.22. The molecule has 1 N–H and O–H groups in total. The Morgan fingerprint density at radius 3 is 3.10 bits per heavy atom. The fraction of sp³-hybridized carbons (Fsp3) is 0.471. The second-order valence-corrected chi connectivity index (χ2v) is 5.82. The Labute approximate surface area is 125 Å². The average Bonchev–Trinajstić information content (AvgIpc) is 2.82. The first kappa shape index (κ1) is 14.1. The topological polar surface area (TPSA) is 43.3 Å². The molecule has 0 saturated carbocycles. The molecule has 1 atom stereocenters. The summed E-state index contributed by atoms with van der Waals surface area (Å²) in [6.07, 6.45) is 2.24. The van der Waals surface area contributed by atoms with E-state index >= 15 is 0 Å². The van der Waals surface area contributed by atoms with Gasteiger partial charge in [-0.2, -0.15) is 0 Å². The predicted molar refractivity (Wildman–Crippen MR) is 83.2 cm³/mol. The van der Waals surface area contributed by atoms with Crippen molar-refractivity contribution in [1.82, 2.24) is 9.88 Å². The molecular weight excluding hydrogens is 264 g/mol. The van der Waals surface area contributed by atoms with Crippen LogP contribution in [0, 0.1) is 12.8 Å². The fourth-order valence-electron chi connectivity index (χ4n) is 2.98. The molecule has 2 aromatic rings. The minimum Gasteiger partial charge on any atom is -0.381 e. The minimum atomic E-state index is 0.0741. The first-order chi connectivity index (χ1) is 10.2. The smallest absolute Gasteiger partial charge is 0.239 e. The molecule has 21 heavy (non-hydrogen) atoms. The molecule has 1 fully saturated rings. The van der Waals surface area contributed by atoms with Crippen molar-refractivity contribution in [3.63, 3.8) is 0 Å². The van der Waals surface area contributed by atoms with Gasteiger partial charge in [0.05, 0.1) is 6.61 Å². The van der Waals surface area contributed by atoms with Crippen LogP contribution in [0.15, 0.2) is 30.3 Å². The first-order valence-corrected chi connectivity index (χ1v) is 7.63. The van der Waals surface area contributed by atoms with Crippen molar-refractivity contribution in [2.24, 2.45) is 5.92 Å². The second-order valence-electron chi connectivity index (χ2n) is 5.82. The maximum Gasteiger partial charge on any atom is 0.239 e. The Kier molecular flexibility index (Phi) is 4.25. The number of aryl methyl sites for hydroxylation is 1. The Balaban J connectivity index is 1.62. The molecule has 112 valence electrons. The van der Waals surface area contributed by atoms with E-state index < -0.39 is 0 Å². The Bertz CT molecular complexity index is 627. The van der Waals surface area contributed by atoms with E-state index in [2.05, 4.69) is 28.1 Å². The standard InChI is InChI=1S/C17H22N2O2/c1-13-9-15-6-2-3-7-16(15)19(13)11-17(20)18-10-14-5-4-8-21-12-14/h2-3,6-7,9,14H,4-5,8,10-12H2,1H3,(H,18,20). The van der Waals surface area contributed by atoms with E-state index in [0.29, 0.717) is 12.5 Å². The minimum absolute atomic E-state index is 0.0741. The highest BCUT2D eigenvalue weighted by atomic mass is 16.5. The van der Waals surface area contributed by atoms with E-state index in [0.717, 1.165) is 43.8 Å². The van der Waals surface area contributed by atoms with Gasteiger partial charge < -0.3 is 14.6 Å². The number of nitrogens with zero attached hydrogens (tertiary/aromatic N) is 1. The van der Waals surface area contributed by atoms with Crippen LogP contribution in [0.4, 0.5) is 0 Å². The van der Waals surface area contributed by atoms with Crippen LogP contribution in [0.25, 0.3) is 10.9 Å². The lowest BCUT2D eigenvalue weighted by molar-refractivity contribution is -0.122. The Hall–Kier alpha value is -1.81. The number of para-hydroxylation sites is 1. The molecule has 2 heterocycles. The number of amides is 1. The molecule has 1 aromatic heterocycles. The van der Waals surface area contributed by atoms with Crippen LogP contribution in [-0.2, 0) is 16.1 Å². The SMILES string of the molecule is Cc1cc2ccccc2n1CC(=O)NCC1CCCOC1. The summed E-state index contributed by atoms with van der Waals surface area (Å²) in [6, 6.07) is 10.3. The molecule has 1 aliphatic rings. The summed E-state index contributed by atoms with van der Waals surface area (Å²) in [5.74, 6) is 0.537. The highest BCUT2D eigenvalue weighted by molar-refractivity contribution is 5.84. The molecular formula is C17H22N2O2. The number of nitrogens with one attached hydrogen (secondary N) is 1. The van der Waals surface area contributed by atoms with Crippen molar-refractivity contribution in [1.29, 1.82) is 0 Å². The quantitative estimate of drug-likeness (QED) is 0.938. The molecule has 3 rings (SSSR count). The zero-order chi connectivity index (χ0) is 14.7. The van der Waals surface area contributed by atoms with Gasteiger partial charge in [-0.05, 0) is 43.2 Å². The van der Waals surface area contributed by atoms with Gasteiger partial charge in [0, 0.05) is 24.4 Å². The molecule has 0 bridgehead atoms. The third-order valence-electron chi connectivity index (χ3n) is 4.16. The van der Waals surface area contributed by atoms with E-state index in [-0.39, 0.29) is 5.91 Å². The maximum atomic E-state index is 12.2. The first-order valence-electron chi connectivity index (χ1n) is 7.63. The monoisotopic (exact) mass is 286 g/mol. The maximum absolute atomic E-state index is 12.2. The average molecular weight is 286 g/mol. The highest BCUT2D eigenvalue weighted by Crippen LogP contribution is 2.19. The Morgan fingerprint density at radius 1 is 1.43 bits per heavy atom. The zero-order valence-electron chi connectivity index (χ0n) is 12.5. The van der Waals surface area contributed by atoms with Gasteiger partial charge in [0.25, 0.3) is 0 Å². The van der Waals surface area contributed by atoms with Crippen molar-refractivity contribution < 1.29 is 9.53 Å². The largest absolute Gasteiger partial charge is 0.381 e. The summed E-state index contributed by atoms with van der Waals surface area (Å²) in [7, 11) is 0. The third-order valence-corrected chi connectivity index (χ3v) is 4.16. The second kappa shape index (κ2) is 6.31. The summed E-state index contributed by atoms with van der Waals surface area (Å²) in [6.45, 7) is 4.77. The normalized spacial score (nSPS) is 18.8. The number of hydrogen-bond acceptors (Lipinski definition) is 2. The molecule has 4 nitrogen and oxygen atoms in total. The molecule has 0 spiro atoms. The highest BCUT2D eigenvalue weighted by Gasteiger charge is 2.15. The van der Waals surface area contributed by atoms with Crippen molar-refractivity contribution >= 4 is 16.8 Å². The van der Waals surface area contributed by atoms with Crippen LogP contribution in [-0.4, -0.2) is 30.2 Å². The summed E-state index contributed by atoms with van der Waals surface area (Å²) < 4.78 is 7.51. The molecule has 1 unspecified atom stereocenters. The number of benzene rings is 1. The van der Waals surface area contributed by atoms with Gasteiger partial charge >= 0.3 is 0 Å². The summed E-state index contributed by atoms with van der Waals surface area (Å²) in [5, 5.41) is 4.23. The van der Waals surface area contributed by atoms with Crippen LogP contribution in [0.5, 0.6) is 0 Å². The number of aromatic nitrogens is 1. The van der Waals surface area contributed by atoms with Crippen molar-refractivity contribution in [2.75, 3.05) is 19.8 Å². The van der Waals surface area contributed by atoms with Gasteiger partial charge in [0.15, 0.2) is 0 Å². The number of fused-ring (bicyclic) bond motifs is 1. The molecule has 4 heteroatoms. The van der Waals surface area contributed by atoms with E-state index in [1.54, 1.807) is 0 Å². The van der Waals surface area contributed by atoms with Crippen LogP contribution in [0.1, 0.15) is 18.5 Å². The number of rotatable bonds is 4. The summed E-state index contributed by atoms with van der Waals surface area (Å²) in [5.41, 5.74) is 2.23. The number of hydrogen-bond donors (Lipinski definition) is 1. The Morgan fingerprint density at radius 2 is 2.29 bits per heavy atom. The number of carbonyl (C=O) groups excluding carboxylic acids is 1. The summed E-state index contributed by atoms with van der Waals surface area (Å²) >= 11 is 0. The van der Waals surface area contributed by atoms with Crippen LogP contribution < -0.4 is 5.32 Å². The van der Waals surface area contributed by atoms with Gasteiger partial charge in [-0.25, -0.2) is 0 Å². The van der Waals surface area contributed by atoms with Crippen molar-refractivity contribution in [2.45, 2.75) is 26.3 Å². The van der Waals surface area contributed by atoms with Gasteiger partial charge in [0.2, 0.25) is 5.91 Å². The van der Waals surface area contributed by atoms with Gasteiger partial charge in [-0.1, -0.05) is 18.2 Å². The van der Waals surface area contributed by atoms with E-state index in [1.165, 1.54) is 5.39 Å².